The summed E-state index contributed by atoms with van der Waals surface area (Å²) in [5.74, 6) is 0.0619. The second kappa shape index (κ2) is 8.48. The van der Waals surface area contributed by atoms with Crippen molar-refractivity contribution in [2.45, 2.75) is 13.5 Å². The Morgan fingerprint density at radius 2 is 1.68 bits per heavy atom. The summed E-state index contributed by atoms with van der Waals surface area (Å²) in [6.07, 6.45) is 0. The van der Waals surface area contributed by atoms with E-state index in [1.165, 1.54) is 10.5 Å². The van der Waals surface area contributed by atoms with Crippen LogP contribution in [0.25, 0.3) is 0 Å². The molecule has 1 aliphatic heterocycles. The van der Waals surface area contributed by atoms with Gasteiger partial charge in [0, 0.05) is 16.3 Å². The zero-order valence-electron chi connectivity index (χ0n) is 14.6. The van der Waals surface area contributed by atoms with Crippen LogP contribution >= 0.6 is 11.6 Å². The first-order chi connectivity index (χ1) is 12.1. The highest BCUT2D eigenvalue weighted by Gasteiger charge is 2.25. The predicted octanol–water partition coefficient (Wildman–Crippen LogP) is 0.571. The Morgan fingerprint density at radius 3 is 2.40 bits per heavy atom. The van der Waals surface area contributed by atoms with Crippen LogP contribution in [0.2, 0.25) is 5.02 Å². The third kappa shape index (κ3) is 5.05. The number of carbonyl (C=O) groups excluding carboxylic acids is 1. The molecule has 5 heteroatoms. The van der Waals surface area contributed by atoms with Gasteiger partial charge in [-0.15, -0.1) is 0 Å². The van der Waals surface area contributed by atoms with Gasteiger partial charge in [-0.2, -0.15) is 0 Å². The Morgan fingerprint density at radius 1 is 1.00 bits per heavy atom. The topological polar surface area (TPSA) is 38.0 Å². The standard InChI is InChI=1S/C20H24ClN3O/c1-16-18(21)8-5-9-19(16)22-20(25)15-24-12-10-23(11-13-24)14-17-6-3-2-4-7-17/h2-9H,10-15H2,1H3,(H,22,25)/p+2. The van der Waals surface area contributed by atoms with Crippen molar-refractivity contribution >= 4 is 23.2 Å². The van der Waals surface area contributed by atoms with Crippen molar-refractivity contribution in [2.75, 3.05) is 38.0 Å². The molecular formula is C20H26ClN3O+2. The lowest BCUT2D eigenvalue weighted by Gasteiger charge is -2.29. The van der Waals surface area contributed by atoms with Crippen LogP contribution in [-0.2, 0) is 11.3 Å². The molecule has 1 fully saturated rings. The van der Waals surface area contributed by atoms with Crippen molar-refractivity contribution in [3.63, 3.8) is 0 Å². The summed E-state index contributed by atoms with van der Waals surface area (Å²) < 4.78 is 0. The predicted molar refractivity (Wildman–Crippen MR) is 101 cm³/mol. The number of amides is 1. The summed E-state index contributed by atoms with van der Waals surface area (Å²) in [7, 11) is 0. The van der Waals surface area contributed by atoms with Gasteiger partial charge >= 0.3 is 0 Å². The van der Waals surface area contributed by atoms with Crippen LogP contribution < -0.4 is 15.1 Å². The maximum atomic E-state index is 12.3. The number of anilines is 1. The Hall–Kier alpha value is -1.88. The lowest BCUT2D eigenvalue weighted by atomic mass is 10.2. The maximum Gasteiger partial charge on any atom is 0.279 e. The first kappa shape index (κ1) is 17.9. The van der Waals surface area contributed by atoms with Crippen molar-refractivity contribution in [2.24, 2.45) is 0 Å². The van der Waals surface area contributed by atoms with Crippen LogP contribution in [0.4, 0.5) is 5.69 Å². The molecule has 0 radical (unpaired) electrons. The van der Waals surface area contributed by atoms with E-state index in [0.29, 0.717) is 11.6 Å². The summed E-state index contributed by atoms with van der Waals surface area (Å²) in [5.41, 5.74) is 3.12. The Bertz CT molecular complexity index is 712. The molecule has 2 aromatic rings. The van der Waals surface area contributed by atoms with Gasteiger partial charge in [0.25, 0.3) is 5.91 Å². The van der Waals surface area contributed by atoms with Crippen LogP contribution in [0.3, 0.4) is 0 Å². The number of halogens is 1. The molecular weight excluding hydrogens is 334 g/mol. The number of nitrogens with one attached hydrogen (secondary N) is 3. The lowest BCUT2D eigenvalue weighted by Crippen LogP contribution is -3.28. The van der Waals surface area contributed by atoms with Gasteiger partial charge in [-0.05, 0) is 24.6 Å². The fourth-order valence-corrected chi connectivity index (χ4v) is 3.53. The van der Waals surface area contributed by atoms with E-state index in [-0.39, 0.29) is 5.91 Å². The summed E-state index contributed by atoms with van der Waals surface area (Å²) in [4.78, 5) is 15.3. The smallest absolute Gasteiger partial charge is 0.279 e. The highest BCUT2D eigenvalue weighted by Crippen LogP contribution is 2.22. The fourth-order valence-electron chi connectivity index (χ4n) is 3.36. The number of carbonyl (C=O) groups is 1. The Kier molecular flexibility index (Phi) is 6.08. The molecule has 0 unspecified atom stereocenters. The third-order valence-corrected chi connectivity index (χ3v) is 5.32. The molecule has 1 heterocycles. The van der Waals surface area contributed by atoms with E-state index >= 15 is 0 Å². The van der Waals surface area contributed by atoms with Crippen LogP contribution in [0.1, 0.15) is 11.1 Å². The van der Waals surface area contributed by atoms with Crippen LogP contribution in [0.5, 0.6) is 0 Å². The van der Waals surface area contributed by atoms with Gasteiger partial charge in [-0.3, -0.25) is 4.79 Å². The van der Waals surface area contributed by atoms with E-state index in [0.717, 1.165) is 44.0 Å². The molecule has 1 amide bonds. The Labute approximate surface area is 154 Å². The summed E-state index contributed by atoms with van der Waals surface area (Å²) in [6.45, 7) is 7.79. The van der Waals surface area contributed by atoms with Gasteiger partial charge in [-0.1, -0.05) is 48.0 Å². The molecule has 0 aromatic heterocycles. The van der Waals surface area contributed by atoms with E-state index in [1.807, 2.05) is 25.1 Å². The van der Waals surface area contributed by atoms with Gasteiger partial charge < -0.3 is 15.1 Å². The van der Waals surface area contributed by atoms with E-state index in [2.05, 4.69) is 35.6 Å². The second-order valence-electron chi connectivity index (χ2n) is 6.80. The maximum absolute atomic E-state index is 12.3. The number of quaternary nitrogens is 2. The molecule has 0 atom stereocenters. The van der Waals surface area contributed by atoms with E-state index < -0.39 is 0 Å². The average Bonchev–Trinajstić information content (AvgIpc) is 2.62. The SMILES string of the molecule is Cc1c(Cl)cccc1NC(=O)C[NH+]1CC[NH+](Cc2ccccc2)CC1. The first-order valence-corrected chi connectivity index (χ1v) is 9.25. The molecule has 1 aliphatic rings. The monoisotopic (exact) mass is 359 g/mol. The highest BCUT2D eigenvalue weighted by atomic mass is 35.5. The number of piperazine rings is 1. The van der Waals surface area contributed by atoms with Crippen molar-refractivity contribution in [3.8, 4) is 0 Å². The molecule has 3 N–H and O–H groups in total. The molecule has 0 aliphatic carbocycles. The molecule has 25 heavy (non-hydrogen) atoms. The number of benzene rings is 2. The molecule has 0 saturated carbocycles. The molecule has 0 bridgehead atoms. The molecule has 1 saturated heterocycles. The largest absolute Gasteiger partial charge is 0.322 e. The van der Waals surface area contributed by atoms with E-state index in [9.17, 15) is 4.79 Å². The molecule has 3 rings (SSSR count). The van der Waals surface area contributed by atoms with Gasteiger partial charge in [0.05, 0.1) is 0 Å². The zero-order chi connectivity index (χ0) is 17.6. The van der Waals surface area contributed by atoms with Crippen molar-refractivity contribution in [1.82, 2.24) is 0 Å². The highest BCUT2D eigenvalue weighted by molar-refractivity contribution is 6.31. The first-order valence-electron chi connectivity index (χ1n) is 8.88. The van der Waals surface area contributed by atoms with Crippen molar-refractivity contribution in [3.05, 3.63) is 64.7 Å². The normalized spacial score (nSPS) is 20.2. The number of rotatable bonds is 5. The summed E-state index contributed by atoms with van der Waals surface area (Å²) in [6, 6.07) is 16.2. The van der Waals surface area contributed by atoms with Gasteiger partial charge in [-0.25, -0.2) is 0 Å². The Balaban J connectivity index is 1.45. The minimum atomic E-state index is 0.0619. The van der Waals surface area contributed by atoms with E-state index in [1.54, 1.807) is 4.90 Å². The third-order valence-electron chi connectivity index (χ3n) is 4.91. The number of hydrogen-bond acceptors (Lipinski definition) is 1. The van der Waals surface area contributed by atoms with Crippen LogP contribution in [-0.4, -0.2) is 38.6 Å². The minimum Gasteiger partial charge on any atom is -0.322 e. The summed E-state index contributed by atoms with van der Waals surface area (Å²) >= 11 is 6.11. The quantitative estimate of drug-likeness (QED) is 0.717. The van der Waals surface area contributed by atoms with Gasteiger partial charge in [0.1, 0.15) is 32.7 Å². The molecule has 132 valence electrons. The molecule has 4 nitrogen and oxygen atoms in total. The zero-order valence-corrected chi connectivity index (χ0v) is 15.4. The van der Waals surface area contributed by atoms with E-state index in [4.69, 9.17) is 11.6 Å². The molecule has 0 spiro atoms. The minimum absolute atomic E-state index is 0.0619. The van der Waals surface area contributed by atoms with Crippen molar-refractivity contribution in [1.29, 1.82) is 0 Å². The second-order valence-corrected chi connectivity index (χ2v) is 7.21. The van der Waals surface area contributed by atoms with Crippen molar-refractivity contribution < 1.29 is 14.6 Å². The van der Waals surface area contributed by atoms with Crippen LogP contribution in [0.15, 0.2) is 48.5 Å². The van der Waals surface area contributed by atoms with Gasteiger partial charge in [0.2, 0.25) is 0 Å². The molecule has 2 aromatic carbocycles. The lowest BCUT2D eigenvalue weighted by molar-refractivity contribution is -1.02. The number of hydrogen-bond donors (Lipinski definition) is 3. The summed E-state index contributed by atoms with van der Waals surface area (Å²) in [5, 5.41) is 3.68. The fraction of sp³-hybridized carbons (Fsp3) is 0.350. The average molecular weight is 360 g/mol. The van der Waals surface area contributed by atoms with Crippen LogP contribution in [0, 0.1) is 6.92 Å². The van der Waals surface area contributed by atoms with Gasteiger partial charge in [0.15, 0.2) is 6.54 Å².